The van der Waals surface area contributed by atoms with Crippen LogP contribution in [0.3, 0.4) is 0 Å². The molecule has 5 unspecified atom stereocenters. The van der Waals surface area contributed by atoms with Crippen molar-refractivity contribution < 1.29 is 43.3 Å². The van der Waals surface area contributed by atoms with Crippen molar-refractivity contribution in [1.82, 2.24) is 19.5 Å². The first-order chi connectivity index (χ1) is 18.5. The van der Waals surface area contributed by atoms with Crippen molar-refractivity contribution in [3.05, 3.63) is 11.6 Å². The van der Waals surface area contributed by atoms with Gasteiger partial charge >= 0.3 is 15.2 Å². The van der Waals surface area contributed by atoms with E-state index in [0.29, 0.717) is 17.3 Å². The lowest BCUT2D eigenvalue weighted by molar-refractivity contribution is -0.0973. The van der Waals surface area contributed by atoms with Crippen LogP contribution >= 0.6 is 26.8 Å². The summed E-state index contributed by atoms with van der Waals surface area (Å²) < 4.78 is 35.1. The Labute approximate surface area is 235 Å². The van der Waals surface area contributed by atoms with Crippen LogP contribution in [0, 0.1) is 16.7 Å². The maximum Gasteiger partial charge on any atom is 0.340 e. The molecule has 0 spiro atoms. The topological polar surface area (TPSA) is 209 Å². The molecule has 0 amide bonds. The van der Waals surface area contributed by atoms with E-state index in [1.165, 1.54) is 30.2 Å². The van der Waals surface area contributed by atoms with Gasteiger partial charge in [0.1, 0.15) is 18.3 Å². The van der Waals surface area contributed by atoms with Gasteiger partial charge in [-0.15, -0.1) is 0 Å². The third kappa shape index (κ3) is 5.37. The molecule has 2 aromatic rings. The molecular formula is C23H34ClN5O9P2. The molecule has 40 heavy (non-hydrogen) atoms. The molecule has 2 aromatic heterocycles. The molecule has 1 aliphatic heterocycles. The van der Waals surface area contributed by atoms with E-state index in [-0.39, 0.29) is 27.3 Å². The van der Waals surface area contributed by atoms with Gasteiger partial charge < -0.3 is 39.5 Å². The standard InChI is InChI=1S/C23H34ClN5O9P2/c1-21-3-12-4-22(2,7-21)9-23(5-12,8-21)28-17-14-18(27-20(24)26-17)29(10-25-14)19-16(31)15(30)13(38-19)6-37-40(35,36)11-39(32,33)34/h10,12-13,15-16,19,30-31H,3-9,11H2,1-2H3,(H,35,36)(H,26,27,28)(H2,32,33,34)/t12?,13-,15?,16?,19-,21-,22+,23?/m1/s1. The predicted octanol–water partition coefficient (Wildman–Crippen LogP) is 2.60. The fourth-order valence-corrected chi connectivity index (χ4v) is 11.3. The minimum absolute atomic E-state index is 0.0366. The monoisotopic (exact) mass is 621 g/mol. The number of nitrogens with zero attached hydrogens (tertiary/aromatic N) is 4. The van der Waals surface area contributed by atoms with Crippen LogP contribution in [0.4, 0.5) is 5.82 Å². The molecular weight excluding hydrogens is 588 g/mol. The van der Waals surface area contributed by atoms with Crippen LogP contribution in [0.5, 0.6) is 0 Å². The number of aromatic nitrogens is 4. The summed E-state index contributed by atoms with van der Waals surface area (Å²) in [5, 5.41) is 25.0. The SMILES string of the molecule is C[C@]12CC3CC(Nc4nc(Cl)nc5c4ncn5[C@@H]4O[C@H](COP(=O)(O)CP(=O)(O)O)C(O)C4O)(C1)C[C@@](C)(C3)C2. The molecule has 3 heterocycles. The van der Waals surface area contributed by atoms with Gasteiger partial charge in [0.25, 0.3) is 0 Å². The van der Waals surface area contributed by atoms with Gasteiger partial charge in [0.15, 0.2) is 29.1 Å². The highest BCUT2D eigenvalue weighted by Crippen LogP contribution is 2.67. The molecule has 4 bridgehead atoms. The number of ether oxygens (including phenoxy) is 1. The van der Waals surface area contributed by atoms with Crippen molar-refractivity contribution in [3.63, 3.8) is 0 Å². The molecule has 7 rings (SSSR count). The molecule has 0 radical (unpaired) electrons. The quantitative estimate of drug-likeness (QED) is 0.185. The van der Waals surface area contributed by atoms with Crippen molar-refractivity contribution in [2.24, 2.45) is 16.7 Å². The van der Waals surface area contributed by atoms with Gasteiger partial charge in [-0.05, 0) is 66.9 Å². The molecule has 4 saturated carbocycles. The summed E-state index contributed by atoms with van der Waals surface area (Å²) in [4.78, 5) is 41.0. The van der Waals surface area contributed by atoms with Crippen LogP contribution in [-0.2, 0) is 18.4 Å². The third-order valence-corrected chi connectivity index (χ3v) is 12.4. The number of aliphatic hydroxyl groups is 2. The van der Waals surface area contributed by atoms with Gasteiger partial charge in [0.05, 0.1) is 12.9 Å². The minimum Gasteiger partial charge on any atom is -0.387 e. The largest absolute Gasteiger partial charge is 0.387 e. The Kier molecular flexibility index (Phi) is 6.80. The van der Waals surface area contributed by atoms with Gasteiger partial charge in [0, 0.05) is 5.54 Å². The summed E-state index contributed by atoms with van der Waals surface area (Å²) in [7, 11) is -9.51. The van der Waals surface area contributed by atoms with Crippen LogP contribution in [0.25, 0.3) is 11.2 Å². The van der Waals surface area contributed by atoms with Crippen LogP contribution in [-0.4, -0.2) is 80.8 Å². The highest BCUT2D eigenvalue weighted by atomic mass is 35.5. The summed E-state index contributed by atoms with van der Waals surface area (Å²) >= 11 is 6.35. The first-order valence-electron chi connectivity index (χ1n) is 13.2. The Bertz CT molecular complexity index is 1420. The van der Waals surface area contributed by atoms with E-state index in [0.717, 1.165) is 19.3 Å². The second-order valence-electron chi connectivity index (χ2n) is 13.0. The molecule has 9 atom stereocenters. The number of rotatable bonds is 8. The second-order valence-corrected chi connectivity index (χ2v) is 17.3. The van der Waals surface area contributed by atoms with Crippen LogP contribution < -0.4 is 5.32 Å². The minimum atomic E-state index is -4.83. The van der Waals surface area contributed by atoms with Crippen molar-refractivity contribution in [2.75, 3.05) is 17.8 Å². The molecule has 0 aromatic carbocycles. The maximum absolute atomic E-state index is 12.0. The van der Waals surface area contributed by atoms with Crippen LogP contribution in [0.1, 0.15) is 58.6 Å². The molecule has 5 aliphatic rings. The summed E-state index contributed by atoms with van der Waals surface area (Å²) in [5.74, 6) is -0.260. The van der Waals surface area contributed by atoms with Crippen LogP contribution in [0.15, 0.2) is 6.33 Å². The summed E-state index contributed by atoms with van der Waals surface area (Å²) in [6.45, 7) is 4.05. The first kappa shape index (κ1) is 28.9. The number of anilines is 1. The Morgan fingerprint density at radius 2 is 1.77 bits per heavy atom. The summed E-state index contributed by atoms with van der Waals surface area (Å²) in [6.07, 6.45) is 2.61. The van der Waals surface area contributed by atoms with Crippen molar-refractivity contribution >= 4 is 43.8 Å². The average molecular weight is 622 g/mol. The Morgan fingerprint density at radius 3 is 2.40 bits per heavy atom. The van der Waals surface area contributed by atoms with Gasteiger partial charge in [-0.2, -0.15) is 9.97 Å². The molecule has 17 heteroatoms. The number of nitrogens with one attached hydrogen (secondary N) is 1. The highest BCUT2D eigenvalue weighted by Gasteiger charge is 2.60. The Hall–Kier alpha value is -1.18. The maximum atomic E-state index is 12.0. The van der Waals surface area contributed by atoms with Gasteiger partial charge in [-0.25, -0.2) is 4.98 Å². The first-order valence-corrected chi connectivity index (χ1v) is 17.1. The summed E-state index contributed by atoms with van der Waals surface area (Å²) in [5.41, 5.74) is 1.05. The smallest absolute Gasteiger partial charge is 0.340 e. The molecule has 6 N–H and O–H groups in total. The molecule has 1 saturated heterocycles. The fourth-order valence-electron chi connectivity index (χ4n) is 8.56. The number of fused-ring (bicyclic) bond motifs is 1. The van der Waals surface area contributed by atoms with E-state index in [1.807, 2.05) is 0 Å². The van der Waals surface area contributed by atoms with E-state index < -0.39 is 52.2 Å². The fraction of sp³-hybridized carbons (Fsp3) is 0.783. The Balaban J connectivity index is 1.25. The molecule has 5 fully saturated rings. The average Bonchev–Trinajstić information content (AvgIpc) is 3.29. The number of aliphatic hydroxyl groups excluding tert-OH is 2. The third-order valence-electron chi connectivity index (χ3n) is 8.82. The summed E-state index contributed by atoms with van der Waals surface area (Å²) in [6, 6.07) is 0. The zero-order chi connectivity index (χ0) is 28.9. The lowest BCUT2D eigenvalue weighted by atomic mass is 9.43. The normalized spacial score (nSPS) is 40.5. The number of hydrogen-bond donors (Lipinski definition) is 6. The van der Waals surface area contributed by atoms with E-state index in [2.05, 4.69) is 34.1 Å². The van der Waals surface area contributed by atoms with E-state index in [1.54, 1.807) is 0 Å². The predicted molar refractivity (Wildman–Crippen MR) is 143 cm³/mol. The van der Waals surface area contributed by atoms with E-state index in [4.69, 9.17) is 30.6 Å². The second kappa shape index (κ2) is 9.41. The number of imidazole rings is 1. The lowest BCUT2D eigenvalue weighted by Gasteiger charge is -2.65. The van der Waals surface area contributed by atoms with Gasteiger partial charge in [0.2, 0.25) is 5.28 Å². The zero-order valence-corrected chi connectivity index (χ0v) is 24.6. The molecule has 4 aliphatic carbocycles. The zero-order valence-electron chi connectivity index (χ0n) is 22.1. The Morgan fingerprint density at radius 1 is 1.10 bits per heavy atom. The van der Waals surface area contributed by atoms with Crippen molar-refractivity contribution in [3.8, 4) is 0 Å². The van der Waals surface area contributed by atoms with Gasteiger partial charge in [-0.1, -0.05) is 13.8 Å². The van der Waals surface area contributed by atoms with E-state index in [9.17, 15) is 24.2 Å². The lowest BCUT2D eigenvalue weighted by Crippen LogP contribution is -2.61. The highest BCUT2D eigenvalue weighted by molar-refractivity contribution is 7.70. The number of halogens is 1. The van der Waals surface area contributed by atoms with Crippen molar-refractivity contribution in [2.45, 2.75) is 82.5 Å². The van der Waals surface area contributed by atoms with Crippen molar-refractivity contribution in [1.29, 1.82) is 0 Å². The molecule has 14 nitrogen and oxygen atoms in total. The molecule has 222 valence electrons. The number of hydrogen-bond acceptors (Lipinski definition) is 10. The van der Waals surface area contributed by atoms with Gasteiger partial charge in [-0.3, -0.25) is 13.7 Å². The van der Waals surface area contributed by atoms with Crippen LogP contribution in [0.2, 0.25) is 5.28 Å². The van der Waals surface area contributed by atoms with E-state index >= 15 is 0 Å².